The Morgan fingerprint density at radius 2 is 2.25 bits per heavy atom. The summed E-state index contributed by atoms with van der Waals surface area (Å²) >= 11 is 7.57. The van der Waals surface area contributed by atoms with Gasteiger partial charge in [0.1, 0.15) is 0 Å². The first-order valence-electron chi connectivity index (χ1n) is 5.11. The SMILES string of the molecule is NC(Cc1cccc(Cl)c1)Cc1cncs1. The molecular weight excluding hydrogens is 240 g/mol. The Labute approximate surface area is 104 Å². The van der Waals surface area contributed by atoms with Crippen molar-refractivity contribution in [3.63, 3.8) is 0 Å². The Kier molecular flexibility index (Phi) is 3.93. The van der Waals surface area contributed by atoms with Crippen LogP contribution in [0.15, 0.2) is 36.0 Å². The molecule has 0 aliphatic carbocycles. The number of aromatic nitrogens is 1. The van der Waals surface area contributed by atoms with E-state index in [4.69, 9.17) is 17.3 Å². The topological polar surface area (TPSA) is 38.9 Å². The maximum Gasteiger partial charge on any atom is 0.0794 e. The highest BCUT2D eigenvalue weighted by Crippen LogP contribution is 2.14. The normalized spacial score (nSPS) is 12.6. The van der Waals surface area contributed by atoms with E-state index in [0.717, 1.165) is 17.9 Å². The zero-order valence-corrected chi connectivity index (χ0v) is 10.3. The van der Waals surface area contributed by atoms with Crippen LogP contribution < -0.4 is 5.73 Å². The van der Waals surface area contributed by atoms with Crippen LogP contribution in [-0.4, -0.2) is 11.0 Å². The Bertz CT molecular complexity index is 442. The Hall–Kier alpha value is -0.900. The first-order valence-corrected chi connectivity index (χ1v) is 6.37. The summed E-state index contributed by atoms with van der Waals surface area (Å²) in [4.78, 5) is 5.27. The van der Waals surface area contributed by atoms with E-state index >= 15 is 0 Å². The minimum absolute atomic E-state index is 0.124. The summed E-state index contributed by atoms with van der Waals surface area (Å²) in [5, 5.41) is 0.766. The zero-order chi connectivity index (χ0) is 11.4. The third kappa shape index (κ3) is 3.30. The lowest BCUT2D eigenvalue weighted by Crippen LogP contribution is -2.25. The van der Waals surface area contributed by atoms with E-state index in [1.165, 1.54) is 10.4 Å². The predicted octanol–water partition coefficient (Wildman–Crippen LogP) is 2.91. The molecule has 1 aromatic carbocycles. The third-order valence-corrected chi connectivity index (χ3v) is 3.37. The molecule has 0 aliphatic rings. The van der Waals surface area contributed by atoms with Crippen molar-refractivity contribution in [1.29, 1.82) is 0 Å². The molecule has 2 rings (SSSR count). The van der Waals surface area contributed by atoms with Crippen molar-refractivity contribution >= 4 is 22.9 Å². The number of thiazole rings is 1. The fourth-order valence-corrected chi connectivity index (χ4v) is 2.54. The van der Waals surface area contributed by atoms with E-state index in [2.05, 4.69) is 11.1 Å². The van der Waals surface area contributed by atoms with Crippen LogP contribution in [-0.2, 0) is 12.8 Å². The molecule has 0 fully saturated rings. The summed E-state index contributed by atoms with van der Waals surface area (Å²) in [7, 11) is 0. The van der Waals surface area contributed by atoms with Crippen LogP contribution in [0.25, 0.3) is 0 Å². The molecule has 0 amide bonds. The van der Waals surface area contributed by atoms with Crippen LogP contribution in [0.3, 0.4) is 0 Å². The van der Waals surface area contributed by atoms with Gasteiger partial charge in [0.2, 0.25) is 0 Å². The molecule has 4 heteroatoms. The van der Waals surface area contributed by atoms with E-state index in [1.807, 2.05) is 29.9 Å². The quantitative estimate of drug-likeness (QED) is 0.909. The molecule has 0 saturated heterocycles. The zero-order valence-electron chi connectivity index (χ0n) is 8.77. The average Bonchev–Trinajstić information content (AvgIpc) is 2.70. The van der Waals surface area contributed by atoms with Crippen LogP contribution in [0.2, 0.25) is 5.02 Å². The van der Waals surface area contributed by atoms with Crippen molar-refractivity contribution in [2.45, 2.75) is 18.9 Å². The molecule has 2 N–H and O–H groups in total. The van der Waals surface area contributed by atoms with Crippen molar-refractivity contribution in [3.05, 3.63) is 51.4 Å². The average molecular weight is 253 g/mol. The smallest absolute Gasteiger partial charge is 0.0794 e. The van der Waals surface area contributed by atoms with E-state index in [1.54, 1.807) is 11.3 Å². The summed E-state index contributed by atoms with van der Waals surface area (Å²) in [5.41, 5.74) is 9.10. The summed E-state index contributed by atoms with van der Waals surface area (Å²) < 4.78 is 0. The number of benzene rings is 1. The maximum absolute atomic E-state index is 6.08. The number of halogens is 1. The number of hydrogen-bond acceptors (Lipinski definition) is 3. The van der Waals surface area contributed by atoms with E-state index < -0.39 is 0 Å². The highest BCUT2D eigenvalue weighted by Gasteiger charge is 2.06. The van der Waals surface area contributed by atoms with Gasteiger partial charge in [0.05, 0.1) is 5.51 Å². The van der Waals surface area contributed by atoms with Crippen LogP contribution >= 0.6 is 22.9 Å². The van der Waals surface area contributed by atoms with Gasteiger partial charge in [-0.1, -0.05) is 23.7 Å². The fourth-order valence-electron chi connectivity index (χ4n) is 1.64. The first kappa shape index (κ1) is 11.6. The Morgan fingerprint density at radius 3 is 2.94 bits per heavy atom. The molecule has 1 atom stereocenters. The van der Waals surface area contributed by atoms with Crippen molar-refractivity contribution in [1.82, 2.24) is 4.98 Å². The van der Waals surface area contributed by atoms with Crippen LogP contribution in [0.5, 0.6) is 0 Å². The van der Waals surface area contributed by atoms with Crippen molar-refractivity contribution in [2.24, 2.45) is 5.73 Å². The molecule has 0 bridgehead atoms. The number of hydrogen-bond donors (Lipinski definition) is 1. The van der Waals surface area contributed by atoms with E-state index in [9.17, 15) is 0 Å². The molecule has 2 aromatic rings. The lowest BCUT2D eigenvalue weighted by Gasteiger charge is -2.10. The van der Waals surface area contributed by atoms with Gasteiger partial charge in [-0.25, -0.2) is 0 Å². The second kappa shape index (κ2) is 5.43. The van der Waals surface area contributed by atoms with Gasteiger partial charge in [-0.2, -0.15) is 0 Å². The molecule has 0 saturated carbocycles. The highest BCUT2D eigenvalue weighted by atomic mass is 35.5. The monoisotopic (exact) mass is 252 g/mol. The van der Waals surface area contributed by atoms with Crippen molar-refractivity contribution in [2.75, 3.05) is 0 Å². The van der Waals surface area contributed by atoms with Crippen LogP contribution in [0.1, 0.15) is 10.4 Å². The number of nitrogens with two attached hydrogens (primary N) is 1. The molecule has 84 valence electrons. The summed E-state index contributed by atoms with van der Waals surface area (Å²) in [6.45, 7) is 0. The molecule has 1 unspecified atom stereocenters. The minimum Gasteiger partial charge on any atom is -0.327 e. The second-order valence-electron chi connectivity index (χ2n) is 3.77. The molecule has 2 nitrogen and oxygen atoms in total. The molecular formula is C12H13ClN2S. The molecule has 0 aliphatic heterocycles. The molecule has 0 spiro atoms. The molecule has 1 aromatic heterocycles. The Balaban J connectivity index is 1.94. The van der Waals surface area contributed by atoms with Gasteiger partial charge in [0.25, 0.3) is 0 Å². The molecule has 0 radical (unpaired) electrons. The van der Waals surface area contributed by atoms with Crippen LogP contribution in [0.4, 0.5) is 0 Å². The van der Waals surface area contributed by atoms with Gasteiger partial charge in [0.15, 0.2) is 0 Å². The summed E-state index contributed by atoms with van der Waals surface area (Å²) in [6.07, 6.45) is 3.60. The fraction of sp³-hybridized carbons (Fsp3) is 0.250. The number of rotatable bonds is 4. The van der Waals surface area contributed by atoms with Gasteiger partial charge < -0.3 is 5.73 Å². The third-order valence-electron chi connectivity index (χ3n) is 2.33. The van der Waals surface area contributed by atoms with E-state index in [0.29, 0.717) is 0 Å². The summed E-state index contributed by atoms with van der Waals surface area (Å²) in [5.74, 6) is 0. The van der Waals surface area contributed by atoms with Crippen molar-refractivity contribution < 1.29 is 0 Å². The number of nitrogens with zero attached hydrogens (tertiary/aromatic N) is 1. The van der Waals surface area contributed by atoms with Gasteiger partial charge in [-0.15, -0.1) is 11.3 Å². The minimum atomic E-state index is 0.124. The van der Waals surface area contributed by atoms with E-state index in [-0.39, 0.29) is 6.04 Å². The predicted molar refractivity (Wildman–Crippen MR) is 68.9 cm³/mol. The first-order chi connectivity index (χ1) is 7.74. The van der Waals surface area contributed by atoms with Gasteiger partial charge in [-0.3, -0.25) is 4.98 Å². The molecule has 16 heavy (non-hydrogen) atoms. The summed E-state index contributed by atoms with van der Waals surface area (Å²) in [6, 6.07) is 7.97. The van der Waals surface area contributed by atoms with Crippen molar-refractivity contribution in [3.8, 4) is 0 Å². The second-order valence-corrected chi connectivity index (χ2v) is 5.17. The van der Waals surface area contributed by atoms with Gasteiger partial charge >= 0.3 is 0 Å². The van der Waals surface area contributed by atoms with Crippen LogP contribution in [0, 0.1) is 0 Å². The lowest BCUT2D eigenvalue weighted by atomic mass is 10.0. The largest absolute Gasteiger partial charge is 0.327 e. The standard InChI is InChI=1S/C12H13ClN2S/c13-10-3-1-2-9(4-10)5-11(14)6-12-7-15-8-16-12/h1-4,7-8,11H,5-6,14H2. The van der Waals surface area contributed by atoms with Gasteiger partial charge in [0, 0.05) is 22.1 Å². The Morgan fingerprint density at radius 1 is 1.38 bits per heavy atom. The lowest BCUT2D eigenvalue weighted by molar-refractivity contribution is 0.670. The van der Waals surface area contributed by atoms with Gasteiger partial charge in [-0.05, 0) is 30.5 Å². The maximum atomic E-state index is 6.08. The molecule has 1 heterocycles. The highest BCUT2D eigenvalue weighted by molar-refractivity contribution is 7.09.